The fraction of sp³-hybridized carbons (Fsp3) is 0.200. The molecular weight excluding hydrogens is 340 g/mol. The molecule has 2 aromatic carbocycles. The van der Waals surface area contributed by atoms with Crippen LogP contribution in [0, 0.1) is 0 Å². The molecule has 4 aromatic rings. The molecule has 2 aromatic heterocycles. The van der Waals surface area contributed by atoms with E-state index in [-0.39, 0.29) is 5.91 Å². The van der Waals surface area contributed by atoms with Crippen LogP contribution in [-0.2, 0) is 13.0 Å². The van der Waals surface area contributed by atoms with Crippen LogP contribution in [0.4, 0.5) is 0 Å². The van der Waals surface area contributed by atoms with E-state index in [9.17, 15) is 4.79 Å². The van der Waals surface area contributed by atoms with Gasteiger partial charge in [0.15, 0.2) is 5.69 Å². The number of hydrogen-bond donors (Lipinski definition) is 2. The van der Waals surface area contributed by atoms with Crippen LogP contribution in [0.5, 0.6) is 0 Å². The Morgan fingerprint density at radius 1 is 1.07 bits per heavy atom. The number of aryl methyl sites for hydroxylation is 1. The van der Waals surface area contributed by atoms with Crippen molar-refractivity contribution in [3.63, 3.8) is 0 Å². The van der Waals surface area contributed by atoms with E-state index in [0.29, 0.717) is 18.8 Å². The SMILES string of the molecule is O=C(NCCCc1nc2ccccc2[nH]1)c1cn(Cc2ccccc2)nn1. The van der Waals surface area contributed by atoms with Crippen LogP contribution in [0.1, 0.15) is 28.3 Å². The van der Waals surface area contributed by atoms with Gasteiger partial charge in [-0.05, 0) is 24.1 Å². The molecule has 7 nitrogen and oxygen atoms in total. The number of carbonyl (C=O) groups is 1. The smallest absolute Gasteiger partial charge is 0.273 e. The molecule has 0 atom stereocenters. The number of nitrogens with one attached hydrogen (secondary N) is 2. The fourth-order valence-corrected chi connectivity index (χ4v) is 2.92. The van der Waals surface area contributed by atoms with Crippen LogP contribution in [0.3, 0.4) is 0 Å². The van der Waals surface area contributed by atoms with Crippen LogP contribution in [0.15, 0.2) is 60.8 Å². The molecule has 0 spiro atoms. The molecule has 1 amide bonds. The summed E-state index contributed by atoms with van der Waals surface area (Å²) >= 11 is 0. The lowest BCUT2D eigenvalue weighted by molar-refractivity contribution is 0.0948. The summed E-state index contributed by atoms with van der Waals surface area (Å²) in [7, 11) is 0. The number of benzene rings is 2. The minimum absolute atomic E-state index is 0.209. The Morgan fingerprint density at radius 2 is 1.89 bits per heavy atom. The second kappa shape index (κ2) is 7.82. The van der Waals surface area contributed by atoms with Gasteiger partial charge in [-0.25, -0.2) is 9.67 Å². The number of hydrogen-bond acceptors (Lipinski definition) is 4. The average molecular weight is 360 g/mol. The average Bonchev–Trinajstić information content (AvgIpc) is 3.32. The van der Waals surface area contributed by atoms with Crippen LogP contribution in [0.2, 0.25) is 0 Å². The van der Waals surface area contributed by atoms with Crippen molar-refractivity contribution in [2.45, 2.75) is 19.4 Å². The molecule has 0 unspecified atom stereocenters. The maximum atomic E-state index is 12.2. The second-order valence-corrected chi connectivity index (χ2v) is 6.35. The first kappa shape index (κ1) is 17.0. The van der Waals surface area contributed by atoms with Crippen molar-refractivity contribution in [1.29, 1.82) is 0 Å². The molecule has 136 valence electrons. The number of nitrogens with zero attached hydrogens (tertiary/aromatic N) is 4. The lowest BCUT2D eigenvalue weighted by Crippen LogP contribution is -2.25. The normalized spacial score (nSPS) is 11.0. The zero-order chi connectivity index (χ0) is 18.5. The minimum Gasteiger partial charge on any atom is -0.351 e. The standard InChI is InChI=1S/C20H20N6O/c27-20(18-14-26(25-24-18)13-15-7-2-1-3-8-15)21-12-6-11-19-22-16-9-4-5-10-17(16)23-19/h1-5,7-10,14H,6,11-13H2,(H,21,27)(H,22,23). The highest BCUT2D eigenvalue weighted by Gasteiger charge is 2.10. The summed E-state index contributed by atoms with van der Waals surface area (Å²) in [6.45, 7) is 1.15. The number of fused-ring (bicyclic) bond motifs is 1. The quantitative estimate of drug-likeness (QED) is 0.496. The molecule has 0 aliphatic rings. The summed E-state index contributed by atoms with van der Waals surface area (Å²) in [5.74, 6) is 0.721. The van der Waals surface area contributed by atoms with E-state index in [1.54, 1.807) is 10.9 Å². The second-order valence-electron chi connectivity index (χ2n) is 6.35. The van der Waals surface area contributed by atoms with Crippen molar-refractivity contribution in [3.05, 3.63) is 77.9 Å². The lowest BCUT2D eigenvalue weighted by atomic mass is 10.2. The van der Waals surface area contributed by atoms with Crippen molar-refractivity contribution in [3.8, 4) is 0 Å². The first-order chi connectivity index (χ1) is 13.3. The summed E-state index contributed by atoms with van der Waals surface area (Å²) in [6, 6.07) is 17.9. The van der Waals surface area contributed by atoms with Crippen LogP contribution in [0.25, 0.3) is 11.0 Å². The molecule has 2 heterocycles. The van der Waals surface area contributed by atoms with E-state index >= 15 is 0 Å². The molecule has 0 aliphatic heterocycles. The molecule has 4 rings (SSSR count). The van der Waals surface area contributed by atoms with Gasteiger partial charge in [0.25, 0.3) is 5.91 Å². The molecular formula is C20H20N6O. The molecule has 0 fully saturated rings. The Kier molecular flexibility index (Phi) is 4.91. The number of aromatic amines is 1. The summed E-state index contributed by atoms with van der Waals surface area (Å²) < 4.78 is 1.67. The maximum absolute atomic E-state index is 12.2. The van der Waals surface area contributed by atoms with Crippen LogP contribution >= 0.6 is 0 Å². The number of rotatable bonds is 7. The monoisotopic (exact) mass is 360 g/mol. The number of imidazole rings is 1. The van der Waals surface area contributed by atoms with Gasteiger partial charge in [0.1, 0.15) is 5.82 Å². The lowest BCUT2D eigenvalue weighted by Gasteiger charge is -2.02. The zero-order valence-electron chi connectivity index (χ0n) is 14.8. The van der Waals surface area contributed by atoms with E-state index in [0.717, 1.165) is 35.3 Å². The number of carbonyl (C=O) groups excluding carboxylic acids is 1. The van der Waals surface area contributed by atoms with Gasteiger partial charge in [-0.3, -0.25) is 4.79 Å². The third-order valence-corrected chi connectivity index (χ3v) is 4.27. The molecule has 0 saturated carbocycles. The predicted octanol–water partition coefficient (Wildman–Crippen LogP) is 2.57. The van der Waals surface area contributed by atoms with Crippen molar-refractivity contribution in [1.82, 2.24) is 30.3 Å². The largest absolute Gasteiger partial charge is 0.351 e. The zero-order valence-corrected chi connectivity index (χ0v) is 14.8. The van der Waals surface area contributed by atoms with Crippen molar-refractivity contribution < 1.29 is 4.79 Å². The first-order valence-electron chi connectivity index (χ1n) is 8.94. The Bertz CT molecular complexity index is 1000. The first-order valence-corrected chi connectivity index (χ1v) is 8.94. The molecule has 0 radical (unpaired) electrons. The summed E-state index contributed by atoms with van der Waals surface area (Å²) in [6.07, 6.45) is 3.24. The van der Waals surface area contributed by atoms with Gasteiger partial charge in [0.2, 0.25) is 0 Å². The Labute approximate surface area is 156 Å². The summed E-state index contributed by atoms with van der Waals surface area (Å²) in [5, 5.41) is 10.9. The van der Waals surface area contributed by atoms with E-state index in [4.69, 9.17) is 0 Å². The van der Waals surface area contributed by atoms with Gasteiger partial charge in [0, 0.05) is 13.0 Å². The van der Waals surface area contributed by atoms with Gasteiger partial charge in [-0.1, -0.05) is 47.7 Å². The maximum Gasteiger partial charge on any atom is 0.273 e. The summed E-state index contributed by atoms with van der Waals surface area (Å²) in [5.41, 5.74) is 3.44. The topological polar surface area (TPSA) is 88.5 Å². The van der Waals surface area contributed by atoms with Crippen molar-refractivity contribution in [2.24, 2.45) is 0 Å². The molecule has 0 aliphatic carbocycles. The van der Waals surface area contributed by atoms with Crippen molar-refractivity contribution >= 4 is 16.9 Å². The number of H-pyrrole nitrogens is 1. The molecule has 0 bridgehead atoms. The van der Waals surface area contributed by atoms with Gasteiger partial charge < -0.3 is 10.3 Å². The molecule has 7 heteroatoms. The van der Waals surface area contributed by atoms with E-state index in [1.165, 1.54) is 0 Å². The van der Waals surface area contributed by atoms with E-state index in [2.05, 4.69) is 25.6 Å². The number of aromatic nitrogens is 5. The Morgan fingerprint density at radius 3 is 2.74 bits per heavy atom. The van der Waals surface area contributed by atoms with Gasteiger partial charge >= 0.3 is 0 Å². The van der Waals surface area contributed by atoms with Crippen LogP contribution < -0.4 is 5.32 Å². The highest BCUT2D eigenvalue weighted by molar-refractivity contribution is 5.91. The van der Waals surface area contributed by atoms with Crippen molar-refractivity contribution in [2.75, 3.05) is 6.54 Å². The van der Waals surface area contributed by atoms with Gasteiger partial charge in [-0.2, -0.15) is 0 Å². The predicted molar refractivity (Wildman–Crippen MR) is 102 cm³/mol. The Balaban J connectivity index is 1.25. The third kappa shape index (κ3) is 4.20. The molecule has 27 heavy (non-hydrogen) atoms. The van der Waals surface area contributed by atoms with E-state index < -0.39 is 0 Å². The highest BCUT2D eigenvalue weighted by atomic mass is 16.2. The highest BCUT2D eigenvalue weighted by Crippen LogP contribution is 2.11. The Hall–Kier alpha value is -3.48. The van der Waals surface area contributed by atoms with Gasteiger partial charge in [-0.15, -0.1) is 5.10 Å². The minimum atomic E-state index is -0.209. The molecule has 0 saturated heterocycles. The fourth-order valence-electron chi connectivity index (χ4n) is 2.92. The summed E-state index contributed by atoms with van der Waals surface area (Å²) in [4.78, 5) is 20.0. The number of para-hydroxylation sites is 2. The van der Waals surface area contributed by atoms with E-state index in [1.807, 2.05) is 54.6 Å². The van der Waals surface area contributed by atoms with Gasteiger partial charge in [0.05, 0.1) is 23.8 Å². The number of amides is 1. The third-order valence-electron chi connectivity index (χ3n) is 4.27. The molecule has 2 N–H and O–H groups in total. The van der Waals surface area contributed by atoms with Crippen LogP contribution in [-0.4, -0.2) is 37.4 Å².